The minimum absolute atomic E-state index is 0.0854. The van der Waals surface area contributed by atoms with Crippen molar-refractivity contribution < 1.29 is 5.11 Å². The number of aliphatic hydroxyl groups excluding tert-OH is 1. The van der Waals surface area contributed by atoms with E-state index in [1.54, 1.807) is 18.5 Å². The molecule has 0 fully saturated rings. The fraction of sp³-hybridized carbons (Fsp3) is 0.214. The van der Waals surface area contributed by atoms with Gasteiger partial charge in [-0.1, -0.05) is 42.3 Å². The zero-order chi connectivity index (χ0) is 25.8. The Balaban J connectivity index is 1.85. The zero-order valence-corrected chi connectivity index (χ0v) is 20.7. The molecule has 2 heterocycles. The Bertz CT molecular complexity index is 1590. The van der Waals surface area contributed by atoms with Crippen LogP contribution < -0.4 is 16.6 Å². The van der Waals surface area contributed by atoms with Crippen molar-refractivity contribution in [3.8, 4) is 17.5 Å². The topological polar surface area (TPSA) is 118 Å². The van der Waals surface area contributed by atoms with Gasteiger partial charge in [-0.15, -0.1) is 0 Å². The normalized spacial score (nSPS) is 12.2. The quantitative estimate of drug-likeness (QED) is 0.298. The Labute approximate surface area is 209 Å². The summed E-state index contributed by atoms with van der Waals surface area (Å²) in [5, 5.41) is 14.4. The summed E-state index contributed by atoms with van der Waals surface area (Å²) in [5.74, 6) is 6.16. The maximum absolute atomic E-state index is 13.8. The molecule has 2 aromatic heterocycles. The van der Waals surface area contributed by atoms with Crippen molar-refractivity contribution in [2.75, 3.05) is 18.1 Å². The molecule has 0 amide bonds. The second-order valence-corrected chi connectivity index (χ2v) is 8.46. The highest BCUT2D eigenvalue weighted by Crippen LogP contribution is 2.23. The number of aliphatic imine (C=N–C) groups is 1. The third-order valence-corrected chi connectivity index (χ3v) is 5.86. The van der Waals surface area contributed by atoms with E-state index in [0.29, 0.717) is 22.5 Å². The van der Waals surface area contributed by atoms with Gasteiger partial charge in [-0.2, -0.15) is 0 Å². The van der Waals surface area contributed by atoms with Crippen molar-refractivity contribution in [3.63, 3.8) is 0 Å². The summed E-state index contributed by atoms with van der Waals surface area (Å²) < 4.78 is 1.74. The molecule has 4 N–H and O–H groups in total. The molecule has 182 valence electrons. The van der Waals surface area contributed by atoms with Gasteiger partial charge in [0.2, 0.25) is 0 Å². The van der Waals surface area contributed by atoms with Gasteiger partial charge in [0.15, 0.2) is 0 Å². The van der Waals surface area contributed by atoms with Crippen LogP contribution in [-0.2, 0) is 6.54 Å². The number of nitrogens with zero attached hydrogens (tertiary/aromatic N) is 4. The number of aliphatic hydroxyl groups is 1. The van der Waals surface area contributed by atoms with Gasteiger partial charge in [0.05, 0.1) is 23.2 Å². The Morgan fingerprint density at radius 3 is 2.64 bits per heavy atom. The summed E-state index contributed by atoms with van der Waals surface area (Å²) in [7, 11) is 1.59. The van der Waals surface area contributed by atoms with Crippen molar-refractivity contribution in [1.29, 1.82) is 0 Å². The number of anilines is 2. The summed E-state index contributed by atoms with van der Waals surface area (Å²) in [4.78, 5) is 26.5. The number of nitrogen functional groups attached to an aromatic ring is 1. The van der Waals surface area contributed by atoms with Crippen LogP contribution in [0.1, 0.15) is 29.3 Å². The molecule has 2 aromatic carbocycles. The van der Waals surface area contributed by atoms with Crippen LogP contribution in [0.15, 0.2) is 64.6 Å². The van der Waals surface area contributed by atoms with E-state index in [9.17, 15) is 9.90 Å². The van der Waals surface area contributed by atoms with Crippen LogP contribution in [0.3, 0.4) is 0 Å². The molecule has 8 nitrogen and oxygen atoms in total. The van der Waals surface area contributed by atoms with Gasteiger partial charge in [-0.05, 0) is 55.3 Å². The smallest absolute Gasteiger partial charge is 0.263 e. The van der Waals surface area contributed by atoms with Crippen LogP contribution in [-0.4, -0.2) is 38.5 Å². The fourth-order valence-corrected chi connectivity index (χ4v) is 4.14. The maximum atomic E-state index is 13.8. The molecule has 36 heavy (non-hydrogen) atoms. The Hall–Kier alpha value is -4.48. The second kappa shape index (κ2) is 10.4. The number of para-hydroxylation sites is 1. The van der Waals surface area contributed by atoms with Gasteiger partial charge in [-0.3, -0.25) is 14.4 Å². The number of benzene rings is 2. The first-order valence-electron chi connectivity index (χ1n) is 11.5. The van der Waals surface area contributed by atoms with Crippen molar-refractivity contribution in [1.82, 2.24) is 14.5 Å². The average Bonchev–Trinajstić information content (AvgIpc) is 2.84. The van der Waals surface area contributed by atoms with E-state index >= 15 is 0 Å². The first-order chi connectivity index (χ1) is 17.3. The number of rotatable bonds is 5. The first-order valence-corrected chi connectivity index (χ1v) is 11.5. The van der Waals surface area contributed by atoms with E-state index in [2.05, 4.69) is 32.1 Å². The molecular weight excluding hydrogens is 452 g/mol. The molecule has 0 saturated carbocycles. The lowest BCUT2D eigenvalue weighted by atomic mass is 10.1. The summed E-state index contributed by atoms with van der Waals surface area (Å²) in [5.41, 5.74) is 10.3. The van der Waals surface area contributed by atoms with E-state index < -0.39 is 6.10 Å². The number of hydrogen-bond acceptors (Lipinski definition) is 7. The SMILES string of the molecule is CN=C(C#C[C@H](C)O)c1c(N)ncnc1NCc1cc2cccc(C)c2c(=O)n1-c1ccccc1C. The molecule has 8 heteroatoms. The third-order valence-electron chi connectivity index (χ3n) is 5.86. The van der Waals surface area contributed by atoms with Gasteiger partial charge in [0.1, 0.15) is 29.8 Å². The van der Waals surface area contributed by atoms with E-state index in [4.69, 9.17) is 5.73 Å². The van der Waals surface area contributed by atoms with Crippen LogP contribution in [0, 0.1) is 25.7 Å². The van der Waals surface area contributed by atoms with Gasteiger partial charge in [0, 0.05) is 12.7 Å². The number of fused-ring (bicyclic) bond motifs is 1. The Morgan fingerprint density at radius 2 is 1.92 bits per heavy atom. The Kier molecular flexibility index (Phi) is 7.13. The second-order valence-electron chi connectivity index (χ2n) is 8.46. The number of nitrogens with two attached hydrogens (primary N) is 1. The van der Waals surface area contributed by atoms with Crippen LogP contribution in [0.25, 0.3) is 16.5 Å². The molecule has 0 aliphatic rings. The molecule has 0 bridgehead atoms. The molecule has 4 rings (SSSR count). The van der Waals surface area contributed by atoms with Crippen LogP contribution in [0.5, 0.6) is 0 Å². The molecular formula is C28H28N6O2. The minimum Gasteiger partial charge on any atom is -0.383 e. The number of hydrogen-bond donors (Lipinski definition) is 3. The molecule has 0 unspecified atom stereocenters. The molecule has 1 atom stereocenters. The van der Waals surface area contributed by atoms with Crippen molar-refractivity contribution >= 4 is 28.1 Å². The van der Waals surface area contributed by atoms with Gasteiger partial charge in [-0.25, -0.2) is 9.97 Å². The van der Waals surface area contributed by atoms with Crippen LogP contribution in [0.2, 0.25) is 0 Å². The maximum Gasteiger partial charge on any atom is 0.263 e. The van der Waals surface area contributed by atoms with Crippen molar-refractivity contribution in [2.45, 2.75) is 33.4 Å². The van der Waals surface area contributed by atoms with Crippen molar-refractivity contribution in [3.05, 3.63) is 87.6 Å². The van der Waals surface area contributed by atoms with Crippen LogP contribution in [0.4, 0.5) is 11.6 Å². The monoisotopic (exact) mass is 480 g/mol. The first kappa shape index (κ1) is 24.6. The van der Waals surface area contributed by atoms with E-state index in [-0.39, 0.29) is 17.9 Å². The molecule has 0 spiro atoms. The van der Waals surface area contributed by atoms with E-state index in [1.165, 1.54) is 6.33 Å². The lowest BCUT2D eigenvalue weighted by Crippen LogP contribution is -2.25. The fourth-order valence-electron chi connectivity index (χ4n) is 4.14. The summed E-state index contributed by atoms with van der Waals surface area (Å²) >= 11 is 0. The molecule has 4 aromatic rings. The number of aromatic nitrogens is 3. The highest BCUT2D eigenvalue weighted by molar-refractivity contribution is 6.18. The summed E-state index contributed by atoms with van der Waals surface area (Å²) in [6.07, 6.45) is 0.531. The molecule has 0 aliphatic heterocycles. The Morgan fingerprint density at radius 1 is 1.17 bits per heavy atom. The largest absolute Gasteiger partial charge is 0.383 e. The lowest BCUT2D eigenvalue weighted by molar-refractivity contribution is 0.253. The van der Waals surface area contributed by atoms with Crippen LogP contribution >= 0.6 is 0 Å². The van der Waals surface area contributed by atoms with Gasteiger partial charge in [0.25, 0.3) is 5.56 Å². The summed E-state index contributed by atoms with van der Waals surface area (Å²) in [6, 6.07) is 15.6. The molecule has 0 saturated heterocycles. The van der Waals surface area contributed by atoms with Crippen molar-refractivity contribution in [2.24, 2.45) is 4.99 Å². The lowest BCUT2D eigenvalue weighted by Gasteiger charge is -2.19. The standard InChI is InChI=1S/C28H28N6O2/c1-17-8-5-6-11-23(17)34-21(14-20-10-7-9-18(2)24(20)28(34)36)15-31-27-25(26(29)32-16-33-27)22(30-4)13-12-19(3)35/h5-11,14,16,19,35H,15H2,1-4H3,(H3,29,31,32,33)/t19-/m0/s1. The highest BCUT2D eigenvalue weighted by atomic mass is 16.3. The highest BCUT2D eigenvalue weighted by Gasteiger charge is 2.17. The van der Waals surface area contributed by atoms with Gasteiger partial charge < -0.3 is 16.2 Å². The number of aryl methyl sites for hydroxylation is 2. The van der Waals surface area contributed by atoms with E-state index in [1.807, 2.05) is 62.4 Å². The third kappa shape index (κ3) is 4.83. The van der Waals surface area contributed by atoms with Gasteiger partial charge >= 0.3 is 0 Å². The van der Waals surface area contributed by atoms with E-state index in [0.717, 1.165) is 27.9 Å². The number of pyridine rings is 1. The summed E-state index contributed by atoms with van der Waals surface area (Å²) in [6.45, 7) is 5.77. The average molecular weight is 481 g/mol. The number of nitrogens with one attached hydrogen (secondary N) is 1. The zero-order valence-electron chi connectivity index (χ0n) is 20.7. The molecule has 0 radical (unpaired) electrons. The predicted molar refractivity (Wildman–Crippen MR) is 145 cm³/mol. The molecule has 0 aliphatic carbocycles. The minimum atomic E-state index is -0.825. The predicted octanol–water partition coefficient (Wildman–Crippen LogP) is 3.39.